The molecule has 1 aromatic heterocycles. The standard InChI is InChI=1S/C23H19NO6/c1-13-9-10-17(29-2)14(12-13)21(26)19-20(18-8-5-11-30-18)24(23(28)22(19)27)15-6-3-4-7-16(15)25/h3-12,20,25-26H,1-2H3/b21-19-. The number of ether oxygens (including phenoxy) is 1. The van der Waals surface area contributed by atoms with Crippen LogP contribution in [0, 0.1) is 6.92 Å². The molecule has 3 aromatic rings. The number of phenolic OH excluding ortho intramolecular Hbond substituents is 1. The van der Waals surface area contributed by atoms with E-state index in [1.54, 1.807) is 42.5 Å². The highest BCUT2D eigenvalue weighted by Gasteiger charge is 2.49. The first kappa shape index (κ1) is 19.3. The van der Waals surface area contributed by atoms with Gasteiger partial charge in [0.15, 0.2) is 0 Å². The number of carbonyl (C=O) groups is 2. The number of aliphatic hydroxyl groups is 1. The van der Waals surface area contributed by atoms with Gasteiger partial charge >= 0.3 is 0 Å². The first-order valence-electron chi connectivity index (χ1n) is 9.21. The van der Waals surface area contributed by atoms with Crippen molar-refractivity contribution in [3.63, 3.8) is 0 Å². The first-order chi connectivity index (χ1) is 14.4. The Labute approximate surface area is 172 Å². The third-order valence-corrected chi connectivity index (χ3v) is 5.01. The number of hydrogen-bond donors (Lipinski definition) is 2. The average Bonchev–Trinajstić information content (AvgIpc) is 3.35. The lowest BCUT2D eigenvalue weighted by Crippen LogP contribution is -2.29. The molecular formula is C23H19NO6. The maximum atomic E-state index is 13.0. The molecule has 1 amide bonds. The maximum absolute atomic E-state index is 13.0. The second-order valence-electron chi connectivity index (χ2n) is 6.88. The van der Waals surface area contributed by atoms with Crippen LogP contribution in [0.2, 0.25) is 0 Å². The fourth-order valence-corrected chi connectivity index (χ4v) is 3.62. The number of methoxy groups -OCH3 is 1. The number of aryl methyl sites for hydroxylation is 1. The van der Waals surface area contributed by atoms with E-state index in [0.717, 1.165) is 10.5 Å². The molecule has 0 aliphatic carbocycles. The molecule has 2 heterocycles. The second kappa shape index (κ2) is 7.44. The van der Waals surface area contributed by atoms with E-state index in [2.05, 4.69) is 0 Å². The number of ketones is 1. The molecule has 0 bridgehead atoms. The van der Waals surface area contributed by atoms with Gasteiger partial charge in [-0.2, -0.15) is 0 Å². The zero-order chi connectivity index (χ0) is 21.4. The number of amides is 1. The van der Waals surface area contributed by atoms with Crippen LogP contribution in [-0.4, -0.2) is 29.0 Å². The second-order valence-corrected chi connectivity index (χ2v) is 6.88. The number of para-hydroxylation sites is 2. The number of Topliss-reactive ketones (excluding diaryl/α,β-unsaturated/α-hetero) is 1. The molecule has 1 fully saturated rings. The molecule has 7 nitrogen and oxygen atoms in total. The average molecular weight is 405 g/mol. The normalized spacial score (nSPS) is 18.1. The predicted molar refractivity (Wildman–Crippen MR) is 109 cm³/mol. The molecule has 1 unspecified atom stereocenters. The molecule has 2 N–H and O–H groups in total. The molecule has 30 heavy (non-hydrogen) atoms. The number of carbonyl (C=O) groups excluding carboxylic acids is 2. The number of furan rings is 1. The Morgan fingerprint density at radius 2 is 1.87 bits per heavy atom. The quantitative estimate of drug-likeness (QED) is 0.388. The lowest BCUT2D eigenvalue weighted by atomic mass is 9.97. The SMILES string of the molecule is COc1ccc(C)cc1/C(O)=C1/C(=O)C(=O)N(c2ccccc2O)C1c1ccco1. The van der Waals surface area contributed by atoms with Crippen molar-refractivity contribution in [2.24, 2.45) is 0 Å². The van der Waals surface area contributed by atoms with Crippen LogP contribution >= 0.6 is 0 Å². The number of rotatable bonds is 4. The molecule has 1 atom stereocenters. The van der Waals surface area contributed by atoms with E-state index in [-0.39, 0.29) is 34.1 Å². The van der Waals surface area contributed by atoms with Gasteiger partial charge in [0.2, 0.25) is 0 Å². The van der Waals surface area contributed by atoms with Crippen molar-refractivity contribution in [3.8, 4) is 11.5 Å². The Bertz CT molecular complexity index is 1160. The van der Waals surface area contributed by atoms with E-state index in [1.807, 2.05) is 6.92 Å². The highest BCUT2D eigenvalue weighted by atomic mass is 16.5. The van der Waals surface area contributed by atoms with Crippen LogP contribution in [0.4, 0.5) is 5.69 Å². The van der Waals surface area contributed by atoms with Crippen molar-refractivity contribution < 1.29 is 29.0 Å². The van der Waals surface area contributed by atoms with E-state index in [1.165, 1.54) is 25.5 Å². The molecule has 0 spiro atoms. The first-order valence-corrected chi connectivity index (χ1v) is 9.21. The van der Waals surface area contributed by atoms with Crippen LogP contribution in [0.15, 0.2) is 70.9 Å². The largest absolute Gasteiger partial charge is 0.507 e. The Hall–Kier alpha value is -4.00. The van der Waals surface area contributed by atoms with Gasteiger partial charge in [0.1, 0.15) is 29.1 Å². The summed E-state index contributed by atoms with van der Waals surface area (Å²) in [4.78, 5) is 27.1. The molecule has 4 rings (SSSR count). The maximum Gasteiger partial charge on any atom is 0.300 e. The number of phenols is 1. The Morgan fingerprint density at radius 1 is 1.10 bits per heavy atom. The number of hydrogen-bond acceptors (Lipinski definition) is 6. The van der Waals surface area contributed by atoms with Gasteiger partial charge in [-0.15, -0.1) is 0 Å². The van der Waals surface area contributed by atoms with Crippen LogP contribution in [-0.2, 0) is 9.59 Å². The zero-order valence-electron chi connectivity index (χ0n) is 16.3. The van der Waals surface area contributed by atoms with Crippen LogP contribution < -0.4 is 9.64 Å². The number of aromatic hydroxyl groups is 1. The van der Waals surface area contributed by atoms with Gasteiger partial charge in [0.05, 0.1) is 30.2 Å². The van der Waals surface area contributed by atoms with Crippen LogP contribution in [0.1, 0.15) is 22.9 Å². The molecular weight excluding hydrogens is 386 g/mol. The Morgan fingerprint density at radius 3 is 2.53 bits per heavy atom. The summed E-state index contributed by atoms with van der Waals surface area (Å²) in [5, 5.41) is 21.5. The molecule has 1 aliphatic rings. The number of benzene rings is 2. The van der Waals surface area contributed by atoms with Gasteiger partial charge in [-0.25, -0.2) is 0 Å². The number of aliphatic hydroxyl groups excluding tert-OH is 1. The van der Waals surface area contributed by atoms with Crippen LogP contribution in [0.25, 0.3) is 5.76 Å². The molecule has 2 aromatic carbocycles. The van der Waals surface area contributed by atoms with Crippen molar-refractivity contribution in [3.05, 3.63) is 83.3 Å². The number of nitrogens with zero attached hydrogens (tertiary/aromatic N) is 1. The van der Waals surface area contributed by atoms with Gasteiger partial charge in [0.25, 0.3) is 11.7 Å². The minimum atomic E-state index is -1.06. The van der Waals surface area contributed by atoms with E-state index in [4.69, 9.17) is 9.15 Å². The summed E-state index contributed by atoms with van der Waals surface area (Å²) in [7, 11) is 1.45. The number of anilines is 1. The van der Waals surface area contributed by atoms with E-state index < -0.39 is 17.7 Å². The Kier molecular flexibility index (Phi) is 4.79. The van der Waals surface area contributed by atoms with E-state index >= 15 is 0 Å². The molecule has 7 heteroatoms. The minimum Gasteiger partial charge on any atom is -0.507 e. The van der Waals surface area contributed by atoms with Gasteiger partial charge < -0.3 is 19.4 Å². The van der Waals surface area contributed by atoms with Gasteiger partial charge in [-0.05, 0) is 43.3 Å². The van der Waals surface area contributed by atoms with Gasteiger partial charge in [0, 0.05) is 0 Å². The minimum absolute atomic E-state index is 0.135. The lowest BCUT2D eigenvalue weighted by Gasteiger charge is -2.24. The fraction of sp³-hybridized carbons (Fsp3) is 0.130. The summed E-state index contributed by atoms with van der Waals surface area (Å²) in [6.07, 6.45) is 1.41. The third kappa shape index (κ3) is 3.00. The summed E-state index contributed by atoms with van der Waals surface area (Å²) in [5.41, 5.74) is 1.10. The van der Waals surface area contributed by atoms with Crippen molar-refractivity contribution in [1.82, 2.24) is 0 Å². The predicted octanol–water partition coefficient (Wildman–Crippen LogP) is 3.93. The van der Waals surface area contributed by atoms with Gasteiger partial charge in [-0.1, -0.05) is 23.8 Å². The highest BCUT2D eigenvalue weighted by molar-refractivity contribution is 6.51. The monoisotopic (exact) mass is 405 g/mol. The zero-order valence-corrected chi connectivity index (χ0v) is 16.3. The van der Waals surface area contributed by atoms with Crippen LogP contribution in [0.3, 0.4) is 0 Å². The highest BCUT2D eigenvalue weighted by Crippen LogP contribution is 2.45. The van der Waals surface area contributed by atoms with E-state index in [0.29, 0.717) is 5.75 Å². The summed E-state index contributed by atoms with van der Waals surface area (Å²) >= 11 is 0. The molecule has 152 valence electrons. The Balaban J connectivity index is 1.98. The summed E-state index contributed by atoms with van der Waals surface area (Å²) in [6.45, 7) is 1.83. The summed E-state index contributed by atoms with van der Waals surface area (Å²) in [5.74, 6) is -1.71. The van der Waals surface area contributed by atoms with Crippen molar-refractivity contribution in [2.75, 3.05) is 12.0 Å². The molecule has 0 radical (unpaired) electrons. The summed E-state index contributed by atoms with van der Waals surface area (Å²) in [6, 6.07) is 13.5. The van der Waals surface area contributed by atoms with Crippen molar-refractivity contribution in [2.45, 2.75) is 13.0 Å². The van der Waals surface area contributed by atoms with Crippen molar-refractivity contribution in [1.29, 1.82) is 0 Å². The molecule has 1 aliphatic heterocycles. The fourth-order valence-electron chi connectivity index (χ4n) is 3.62. The summed E-state index contributed by atoms with van der Waals surface area (Å²) < 4.78 is 10.8. The van der Waals surface area contributed by atoms with Gasteiger partial charge in [-0.3, -0.25) is 14.5 Å². The van der Waals surface area contributed by atoms with Crippen LogP contribution in [0.5, 0.6) is 11.5 Å². The topological polar surface area (TPSA) is 100 Å². The third-order valence-electron chi connectivity index (χ3n) is 5.01. The van der Waals surface area contributed by atoms with Crippen molar-refractivity contribution >= 4 is 23.1 Å². The lowest BCUT2D eigenvalue weighted by molar-refractivity contribution is -0.132. The van der Waals surface area contributed by atoms with E-state index in [9.17, 15) is 19.8 Å². The molecule has 1 saturated heterocycles. The smallest absolute Gasteiger partial charge is 0.300 e. The molecule has 0 saturated carbocycles.